The van der Waals surface area contributed by atoms with Crippen LogP contribution in [0, 0.1) is 5.41 Å². The molecule has 1 aliphatic rings. The fraction of sp³-hybridized carbons (Fsp3) is 0.500. The van der Waals surface area contributed by atoms with E-state index in [1.54, 1.807) is 52.3 Å². The highest BCUT2D eigenvalue weighted by atomic mass is 19.3. The van der Waals surface area contributed by atoms with Crippen molar-refractivity contribution in [3.05, 3.63) is 77.1 Å². The van der Waals surface area contributed by atoms with Gasteiger partial charge in [-0.3, -0.25) is 10.4 Å². The van der Waals surface area contributed by atoms with Crippen molar-refractivity contribution < 1.29 is 42.5 Å². The second kappa shape index (κ2) is 18.9. The number of benzene rings is 2. The molecule has 2 aromatic carbocycles. The monoisotopic (exact) mass is 805 g/mol. The summed E-state index contributed by atoms with van der Waals surface area (Å²) in [4.78, 5) is 44.2. The SMILES string of the molecule is CCn1c(-c2cccnc2[C@H](C)OC)c(CC(C)(C)CO)c2cc(-c3cc(CC(F)F)cc(C[C@H](NC(=O)OC(C)(C)C)C(=O)OC(=O)C4CCCNN4)c3)ccc21. The normalized spacial score (nSPS) is 16.0. The van der Waals surface area contributed by atoms with E-state index in [0.29, 0.717) is 49.0 Å². The van der Waals surface area contributed by atoms with Gasteiger partial charge in [-0.25, -0.2) is 28.6 Å². The Balaban J connectivity index is 1.63. The van der Waals surface area contributed by atoms with Crippen LogP contribution < -0.4 is 16.2 Å². The van der Waals surface area contributed by atoms with Crippen molar-refractivity contribution in [3.8, 4) is 22.4 Å². The minimum atomic E-state index is -2.66. The third-order valence-electron chi connectivity index (χ3n) is 10.1. The number of esters is 2. The first-order valence-electron chi connectivity index (χ1n) is 19.8. The number of halogens is 2. The maximum atomic E-state index is 14.0. The predicted octanol–water partition coefficient (Wildman–Crippen LogP) is 7.23. The quantitative estimate of drug-likeness (QED) is 0.0716. The molecular formula is C44H57F2N5O7. The van der Waals surface area contributed by atoms with E-state index in [-0.39, 0.29) is 19.1 Å². The minimum Gasteiger partial charge on any atom is -0.444 e. The summed E-state index contributed by atoms with van der Waals surface area (Å²) < 4.78 is 46.7. The van der Waals surface area contributed by atoms with Gasteiger partial charge in [-0.15, -0.1) is 0 Å². The van der Waals surface area contributed by atoms with Gasteiger partial charge in [0.15, 0.2) is 0 Å². The number of hydrogen-bond acceptors (Lipinski definition) is 10. The topological polar surface area (TPSA) is 153 Å². The Morgan fingerprint density at radius 3 is 2.38 bits per heavy atom. The molecule has 0 spiro atoms. The molecule has 1 unspecified atom stereocenters. The molecule has 2 aromatic heterocycles. The zero-order valence-electron chi connectivity index (χ0n) is 34.7. The number of nitrogens with zero attached hydrogens (tertiary/aromatic N) is 2. The van der Waals surface area contributed by atoms with Gasteiger partial charge in [0.25, 0.3) is 0 Å². The van der Waals surface area contributed by atoms with Gasteiger partial charge in [-0.05, 0) is 111 Å². The smallest absolute Gasteiger partial charge is 0.408 e. The molecule has 314 valence electrons. The molecule has 0 radical (unpaired) electrons. The number of carbonyl (C=O) groups excluding carboxylic acids is 3. The van der Waals surface area contributed by atoms with Gasteiger partial charge in [0.05, 0.1) is 17.5 Å². The summed E-state index contributed by atoms with van der Waals surface area (Å²) in [6, 6.07) is 12.8. The lowest BCUT2D eigenvalue weighted by Gasteiger charge is -2.25. The number of alkyl carbamates (subject to hydrolysis) is 1. The molecule has 58 heavy (non-hydrogen) atoms. The number of methoxy groups -OCH3 is 1. The van der Waals surface area contributed by atoms with Crippen molar-refractivity contribution in [2.24, 2.45) is 5.41 Å². The molecule has 4 N–H and O–H groups in total. The van der Waals surface area contributed by atoms with Gasteiger partial charge in [-0.2, -0.15) is 0 Å². The number of aliphatic hydroxyl groups is 1. The molecule has 5 rings (SSSR count). The van der Waals surface area contributed by atoms with Gasteiger partial charge in [-0.1, -0.05) is 38.1 Å². The van der Waals surface area contributed by atoms with Crippen molar-refractivity contribution in [1.29, 1.82) is 0 Å². The zero-order valence-corrected chi connectivity index (χ0v) is 34.7. The third kappa shape index (κ3) is 11.0. The van der Waals surface area contributed by atoms with Gasteiger partial charge < -0.3 is 29.2 Å². The summed E-state index contributed by atoms with van der Waals surface area (Å²) in [6.07, 6.45) is -1.19. The predicted molar refractivity (Wildman–Crippen MR) is 218 cm³/mol. The molecule has 0 bridgehead atoms. The first-order chi connectivity index (χ1) is 27.4. The molecule has 4 aromatic rings. The highest BCUT2D eigenvalue weighted by molar-refractivity contribution is 5.96. The molecule has 0 aliphatic carbocycles. The first kappa shape index (κ1) is 44.3. The van der Waals surface area contributed by atoms with Crippen LogP contribution in [-0.2, 0) is 49.6 Å². The summed E-state index contributed by atoms with van der Waals surface area (Å²) in [7, 11) is 1.64. The lowest BCUT2D eigenvalue weighted by molar-refractivity contribution is -0.163. The van der Waals surface area contributed by atoms with Crippen LogP contribution >= 0.6 is 0 Å². The number of aliphatic hydroxyl groups excluding tert-OH is 1. The Bertz CT molecular complexity index is 2090. The standard InChI is InChI=1S/C44H57F2N5O7/c1-9-51-36-15-14-29(23-32(36)33(24-44(6,7)25-52)39(51)31-12-10-16-47-38(31)26(2)56-8)30-19-27(18-28(20-30)22-37(45)46)21-35(49-42(55)58-43(3,4)5)41(54)57-40(53)34-13-11-17-48-50-34/h10,12,14-16,18-20,23,26,34-35,37,48,50,52H,9,11,13,17,21-22,24-25H2,1-8H3,(H,49,55)/t26-,34?,35-/m0/s1. The summed E-state index contributed by atoms with van der Waals surface area (Å²) in [6.45, 7) is 14.3. The first-order valence-corrected chi connectivity index (χ1v) is 19.8. The van der Waals surface area contributed by atoms with Gasteiger partial charge in [0, 0.05) is 62.3 Å². The van der Waals surface area contributed by atoms with Crippen molar-refractivity contribution in [2.75, 3.05) is 20.3 Å². The number of pyridine rings is 1. The van der Waals surface area contributed by atoms with Gasteiger partial charge >= 0.3 is 18.0 Å². The number of aromatic nitrogens is 2. The van der Waals surface area contributed by atoms with Crippen LogP contribution in [0.4, 0.5) is 13.6 Å². The van der Waals surface area contributed by atoms with E-state index in [0.717, 1.165) is 39.0 Å². The summed E-state index contributed by atoms with van der Waals surface area (Å²) in [5, 5.41) is 13.9. The van der Waals surface area contributed by atoms with E-state index in [4.69, 9.17) is 19.2 Å². The number of carbonyl (C=O) groups is 3. The molecule has 3 heterocycles. The van der Waals surface area contributed by atoms with Gasteiger partial charge in [0.2, 0.25) is 6.43 Å². The van der Waals surface area contributed by atoms with Crippen LogP contribution in [0.1, 0.15) is 89.8 Å². The molecule has 0 saturated carbocycles. The Morgan fingerprint density at radius 1 is 1.03 bits per heavy atom. The highest BCUT2D eigenvalue weighted by Gasteiger charge is 2.32. The molecule has 1 amide bonds. The fourth-order valence-electron chi connectivity index (χ4n) is 7.31. The Labute approximate surface area is 339 Å². The molecular weight excluding hydrogens is 749 g/mol. The van der Waals surface area contributed by atoms with Crippen molar-refractivity contribution in [2.45, 2.75) is 117 Å². The Kier molecular flexibility index (Phi) is 14.4. The number of hydrazine groups is 1. The Morgan fingerprint density at radius 2 is 1.76 bits per heavy atom. The average molecular weight is 806 g/mol. The highest BCUT2D eigenvalue weighted by Crippen LogP contribution is 2.41. The van der Waals surface area contributed by atoms with Crippen LogP contribution in [0.5, 0.6) is 0 Å². The number of hydrogen-bond donors (Lipinski definition) is 4. The van der Waals surface area contributed by atoms with E-state index < -0.39 is 54.0 Å². The molecule has 1 aliphatic heterocycles. The Hall–Kier alpha value is -4.76. The second-order valence-corrected chi connectivity index (χ2v) is 16.7. The van der Waals surface area contributed by atoms with E-state index >= 15 is 0 Å². The molecule has 12 nitrogen and oxygen atoms in total. The molecule has 1 saturated heterocycles. The maximum Gasteiger partial charge on any atom is 0.408 e. The summed E-state index contributed by atoms with van der Waals surface area (Å²) in [5.74, 6) is -1.81. The van der Waals surface area contributed by atoms with Crippen LogP contribution in [-0.4, -0.2) is 77.1 Å². The third-order valence-corrected chi connectivity index (χ3v) is 10.1. The van der Waals surface area contributed by atoms with Crippen LogP contribution in [0.3, 0.4) is 0 Å². The number of ether oxygens (including phenoxy) is 3. The minimum absolute atomic E-state index is 0.0566. The number of aryl methyl sites for hydroxylation is 1. The van der Waals surface area contributed by atoms with E-state index in [1.165, 1.54) is 0 Å². The van der Waals surface area contributed by atoms with E-state index in [9.17, 15) is 28.3 Å². The molecule has 1 fully saturated rings. The maximum absolute atomic E-state index is 14.0. The number of fused-ring (bicyclic) bond motifs is 1. The van der Waals surface area contributed by atoms with Crippen LogP contribution in [0.15, 0.2) is 54.7 Å². The van der Waals surface area contributed by atoms with Crippen LogP contribution in [0.2, 0.25) is 0 Å². The molecule has 3 atom stereocenters. The van der Waals surface area contributed by atoms with E-state index in [2.05, 4.69) is 27.7 Å². The summed E-state index contributed by atoms with van der Waals surface area (Å²) in [5.41, 5.74) is 11.0. The lowest BCUT2D eigenvalue weighted by Crippen LogP contribution is -2.52. The second-order valence-electron chi connectivity index (χ2n) is 16.7. The number of amides is 1. The number of nitrogens with one attached hydrogen (secondary N) is 3. The van der Waals surface area contributed by atoms with Gasteiger partial charge in [0.1, 0.15) is 17.7 Å². The van der Waals surface area contributed by atoms with Crippen molar-refractivity contribution in [1.82, 2.24) is 25.7 Å². The fourth-order valence-corrected chi connectivity index (χ4v) is 7.31. The van der Waals surface area contributed by atoms with Crippen LogP contribution in [0.25, 0.3) is 33.3 Å². The lowest BCUT2D eigenvalue weighted by atomic mass is 9.84. The summed E-state index contributed by atoms with van der Waals surface area (Å²) >= 11 is 0. The average Bonchev–Trinajstić information content (AvgIpc) is 3.47. The largest absolute Gasteiger partial charge is 0.444 e. The van der Waals surface area contributed by atoms with Crippen molar-refractivity contribution in [3.63, 3.8) is 0 Å². The number of rotatable bonds is 15. The van der Waals surface area contributed by atoms with E-state index in [1.807, 2.05) is 51.1 Å². The molecule has 14 heteroatoms. The van der Waals surface area contributed by atoms with Crippen molar-refractivity contribution >= 4 is 28.9 Å². The number of alkyl halides is 2. The zero-order chi connectivity index (χ0) is 42.4.